The molecule has 4 heteroatoms. The van der Waals surface area contributed by atoms with E-state index in [9.17, 15) is 4.79 Å². The second-order valence-corrected chi connectivity index (χ2v) is 4.86. The van der Waals surface area contributed by atoms with Crippen LogP contribution in [-0.4, -0.2) is 42.2 Å². The van der Waals surface area contributed by atoms with Gasteiger partial charge in [0.25, 0.3) is 0 Å². The van der Waals surface area contributed by atoms with Gasteiger partial charge in [0.2, 0.25) is 5.91 Å². The van der Waals surface area contributed by atoms with Crippen LogP contribution < -0.4 is 4.74 Å². The Morgan fingerprint density at radius 3 is 2.58 bits per heavy atom. The van der Waals surface area contributed by atoms with E-state index in [0.717, 1.165) is 5.75 Å². The van der Waals surface area contributed by atoms with Crippen molar-refractivity contribution in [2.24, 2.45) is 0 Å². The molecule has 0 aliphatic heterocycles. The van der Waals surface area contributed by atoms with Crippen LogP contribution in [0.4, 0.5) is 0 Å². The first kappa shape index (κ1) is 15.5. The highest BCUT2D eigenvalue weighted by molar-refractivity contribution is 5.75. The van der Waals surface area contributed by atoms with Gasteiger partial charge in [0.15, 0.2) is 0 Å². The van der Waals surface area contributed by atoms with Gasteiger partial charge in [0.1, 0.15) is 12.4 Å². The van der Waals surface area contributed by atoms with E-state index >= 15 is 0 Å². The summed E-state index contributed by atoms with van der Waals surface area (Å²) in [5.41, 5.74) is 1.19. The molecule has 0 radical (unpaired) electrons. The van der Waals surface area contributed by atoms with Crippen molar-refractivity contribution in [2.75, 3.05) is 20.2 Å². The molecule has 1 atom stereocenters. The van der Waals surface area contributed by atoms with Crippen molar-refractivity contribution >= 4 is 5.91 Å². The Kier molecular flexibility index (Phi) is 6.36. The van der Waals surface area contributed by atoms with E-state index in [1.54, 1.807) is 18.9 Å². The molecule has 0 spiro atoms. The van der Waals surface area contributed by atoms with Crippen molar-refractivity contribution in [3.8, 4) is 5.75 Å². The Labute approximate surface area is 115 Å². The van der Waals surface area contributed by atoms with Crippen molar-refractivity contribution in [2.45, 2.75) is 32.8 Å². The maximum atomic E-state index is 11.7. The van der Waals surface area contributed by atoms with Gasteiger partial charge < -0.3 is 14.7 Å². The third-order valence-electron chi connectivity index (χ3n) is 2.92. The van der Waals surface area contributed by atoms with Gasteiger partial charge in [-0.15, -0.1) is 0 Å². The summed E-state index contributed by atoms with van der Waals surface area (Å²) in [7, 11) is 1.75. The minimum atomic E-state index is -0.429. The summed E-state index contributed by atoms with van der Waals surface area (Å²) in [5.74, 6) is 0.851. The quantitative estimate of drug-likeness (QED) is 0.820. The van der Waals surface area contributed by atoms with Gasteiger partial charge in [0.05, 0.1) is 12.6 Å². The number of aliphatic hydroxyl groups excluding tert-OH is 1. The lowest BCUT2D eigenvalue weighted by Crippen LogP contribution is -2.31. The van der Waals surface area contributed by atoms with E-state index in [0.29, 0.717) is 26.0 Å². The zero-order valence-corrected chi connectivity index (χ0v) is 11.9. The van der Waals surface area contributed by atoms with E-state index in [2.05, 4.69) is 0 Å². The topological polar surface area (TPSA) is 49.8 Å². The average molecular weight is 265 g/mol. The highest BCUT2D eigenvalue weighted by Crippen LogP contribution is 2.11. The van der Waals surface area contributed by atoms with E-state index in [4.69, 9.17) is 9.84 Å². The van der Waals surface area contributed by atoms with Gasteiger partial charge in [-0.25, -0.2) is 0 Å². The van der Waals surface area contributed by atoms with Crippen molar-refractivity contribution in [1.29, 1.82) is 0 Å². The molecule has 0 heterocycles. The largest absolute Gasteiger partial charge is 0.492 e. The summed E-state index contributed by atoms with van der Waals surface area (Å²) < 4.78 is 5.56. The highest BCUT2D eigenvalue weighted by atomic mass is 16.5. The monoisotopic (exact) mass is 265 g/mol. The molecule has 0 fully saturated rings. The minimum absolute atomic E-state index is 0.0356. The molecular weight excluding hydrogens is 242 g/mol. The number of aryl methyl sites for hydroxylation is 1. The van der Waals surface area contributed by atoms with Crippen molar-refractivity contribution in [3.05, 3.63) is 29.8 Å². The first-order valence-corrected chi connectivity index (χ1v) is 6.60. The zero-order valence-electron chi connectivity index (χ0n) is 11.9. The number of hydrogen-bond donors (Lipinski definition) is 1. The van der Waals surface area contributed by atoms with E-state index in [-0.39, 0.29) is 5.91 Å². The minimum Gasteiger partial charge on any atom is -0.492 e. The Balaban J connectivity index is 2.24. The van der Waals surface area contributed by atoms with E-state index in [1.807, 2.05) is 31.2 Å². The summed E-state index contributed by atoms with van der Waals surface area (Å²) >= 11 is 0. The third-order valence-corrected chi connectivity index (χ3v) is 2.92. The molecule has 19 heavy (non-hydrogen) atoms. The molecule has 1 aromatic rings. The van der Waals surface area contributed by atoms with Gasteiger partial charge in [-0.05, 0) is 32.4 Å². The molecule has 0 bridgehead atoms. The first-order chi connectivity index (χ1) is 8.99. The van der Waals surface area contributed by atoms with E-state index < -0.39 is 6.10 Å². The lowest BCUT2D eigenvalue weighted by Gasteiger charge is -2.18. The molecular formula is C15H23NO3. The predicted octanol–water partition coefficient (Wildman–Crippen LogP) is 1.99. The molecule has 4 nitrogen and oxygen atoms in total. The number of aliphatic hydroxyl groups is 1. The number of carbonyl (C=O) groups excluding carboxylic acids is 1. The second kappa shape index (κ2) is 7.79. The summed E-state index contributed by atoms with van der Waals surface area (Å²) in [5, 5.41) is 9.13. The molecule has 1 rings (SSSR count). The fourth-order valence-electron chi connectivity index (χ4n) is 1.58. The second-order valence-electron chi connectivity index (χ2n) is 4.86. The SMILES string of the molecule is Cc1ccc(OCCN(C)C(=O)CCC(C)O)cc1. The maximum Gasteiger partial charge on any atom is 0.222 e. The van der Waals surface area contributed by atoms with Crippen LogP contribution in [-0.2, 0) is 4.79 Å². The van der Waals surface area contributed by atoms with Crippen molar-refractivity contribution < 1.29 is 14.6 Å². The van der Waals surface area contributed by atoms with Gasteiger partial charge >= 0.3 is 0 Å². The van der Waals surface area contributed by atoms with Crippen LogP contribution in [0.1, 0.15) is 25.3 Å². The van der Waals surface area contributed by atoms with Crippen molar-refractivity contribution in [3.63, 3.8) is 0 Å². The molecule has 1 amide bonds. The number of rotatable bonds is 7. The Bertz CT molecular complexity index is 387. The molecule has 0 saturated heterocycles. The summed E-state index contributed by atoms with van der Waals surface area (Å²) in [6.45, 7) is 4.73. The summed E-state index contributed by atoms with van der Waals surface area (Å²) in [6.07, 6.45) is 0.446. The molecule has 1 unspecified atom stereocenters. The fourth-order valence-corrected chi connectivity index (χ4v) is 1.58. The fraction of sp³-hybridized carbons (Fsp3) is 0.533. The number of ether oxygens (including phenoxy) is 1. The lowest BCUT2D eigenvalue weighted by molar-refractivity contribution is -0.130. The van der Waals surface area contributed by atoms with E-state index in [1.165, 1.54) is 5.56 Å². The molecule has 0 saturated carbocycles. The van der Waals surface area contributed by atoms with Crippen LogP contribution in [0.25, 0.3) is 0 Å². The highest BCUT2D eigenvalue weighted by Gasteiger charge is 2.09. The van der Waals surface area contributed by atoms with Crippen LogP contribution in [0.3, 0.4) is 0 Å². The molecule has 1 aromatic carbocycles. The normalized spacial score (nSPS) is 12.0. The number of benzene rings is 1. The van der Waals surface area contributed by atoms with Crippen molar-refractivity contribution in [1.82, 2.24) is 4.90 Å². The molecule has 106 valence electrons. The Morgan fingerprint density at radius 2 is 2.00 bits per heavy atom. The lowest BCUT2D eigenvalue weighted by atomic mass is 10.2. The zero-order chi connectivity index (χ0) is 14.3. The van der Waals surface area contributed by atoms with Gasteiger partial charge in [-0.3, -0.25) is 4.79 Å². The van der Waals surface area contributed by atoms with Crippen LogP contribution in [0.15, 0.2) is 24.3 Å². The maximum absolute atomic E-state index is 11.7. The number of nitrogens with zero attached hydrogens (tertiary/aromatic N) is 1. The van der Waals surface area contributed by atoms with Gasteiger partial charge in [-0.1, -0.05) is 17.7 Å². The van der Waals surface area contributed by atoms with Crippen LogP contribution in [0, 0.1) is 6.92 Å². The molecule has 0 aromatic heterocycles. The standard InChI is InChI=1S/C15H23NO3/c1-12-4-7-14(8-5-12)19-11-10-16(3)15(18)9-6-13(2)17/h4-5,7-8,13,17H,6,9-11H2,1-3H3. The third kappa shape index (κ3) is 6.25. The van der Waals surface area contributed by atoms with Crippen LogP contribution >= 0.6 is 0 Å². The molecule has 1 N–H and O–H groups in total. The first-order valence-electron chi connectivity index (χ1n) is 6.60. The van der Waals surface area contributed by atoms with Gasteiger partial charge in [0, 0.05) is 13.5 Å². The average Bonchev–Trinajstić information content (AvgIpc) is 2.38. The molecule has 0 aliphatic carbocycles. The smallest absolute Gasteiger partial charge is 0.222 e. The number of amides is 1. The summed E-state index contributed by atoms with van der Waals surface area (Å²) in [4.78, 5) is 13.3. The number of hydrogen-bond acceptors (Lipinski definition) is 3. The predicted molar refractivity (Wildman–Crippen MR) is 75.2 cm³/mol. The number of likely N-dealkylation sites (N-methyl/N-ethyl adjacent to an activating group) is 1. The number of carbonyl (C=O) groups is 1. The summed E-state index contributed by atoms with van der Waals surface area (Å²) in [6, 6.07) is 7.83. The van der Waals surface area contributed by atoms with Crippen LogP contribution in [0.2, 0.25) is 0 Å². The molecule has 0 aliphatic rings. The van der Waals surface area contributed by atoms with Gasteiger partial charge in [-0.2, -0.15) is 0 Å². The van der Waals surface area contributed by atoms with Crippen LogP contribution in [0.5, 0.6) is 5.75 Å². The Morgan fingerprint density at radius 1 is 1.37 bits per heavy atom. The Hall–Kier alpha value is -1.55.